The molecule has 0 amide bonds. The van der Waals surface area contributed by atoms with E-state index in [0.29, 0.717) is 0 Å². The standard InChI is InChI=1S/C16H15F3O4S/c1-15(2,11-3-7-13(20)8-4-11)12-5-9-14(10-6-12)23-24(21,22)16(17,18)19/h3-10,20H,1-2H3. The van der Waals surface area contributed by atoms with E-state index in [4.69, 9.17) is 0 Å². The van der Waals surface area contributed by atoms with Crippen LogP contribution in [-0.2, 0) is 15.5 Å². The van der Waals surface area contributed by atoms with Crippen molar-refractivity contribution in [2.24, 2.45) is 0 Å². The van der Waals surface area contributed by atoms with Crippen LogP contribution in [0.1, 0.15) is 25.0 Å². The fraction of sp³-hybridized carbons (Fsp3) is 0.250. The van der Waals surface area contributed by atoms with Crippen LogP contribution in [0.25, 0.3) is 0 Å². The van der Waals surface area contributed by atoms with Gasteiger partial charge in [-0.25, -0.2) is 0 Å². The van der Waals surface area contributed by atoms with Crippen molar-refractivity contribution in [3.63, 3.8) is 0 Å². The largest absolute Gasteiger partial charge is 0.534 e. The topological polar surface area (TPSA) is 63.6 Å². The maximum absolute atomic E-state index is 12.3. The Morgan fingerprint density at radius 1 is 0.875 bits per heavy atom. The Balaban J connectivity index is 2.27. The number of aromatic hydroxyl groups is 1. The number of phenols is 1. The number of benzene rings is 2. The molecule has 24 heavy (non-hydrogen) atoms. The molecule has 0 heterocycles. The second kappa shape index (κ2) is 6.01. The van der Waals surface area contributed by atoms with Crippen molar-refractivity contribution in [3.8, 4) is 11.5 Å². The maximum atomic E-state index is 12.3. The second-order valence-corrected chi connectivity index (χ2v) is 7.22. The zero-order chi connectivity index (χ0) is 18.2. The molecule has 0 aliphatic heterocycles. The van der Waals surface area contributed by atoms with Crippen molar-refractivity contribution in [2.75, 3.05) is 0 Å². The van der Waals surface area contributed by atoms with Gasteiger partial charge in [-0.15, -0.1) is 0 Å². The highest BCUT2D eigenvalue weighted by Crippen LogP contribution is 2.34. The summed E-state index contributed by atoms with van der Waals surface area (Å²) in [6.45, 7) is 3.78. The van der Waals surface area contributed by atoms with Gasteiger partial charge in [-0.1, -0.05) is 38.1 Å². The van der Waals surface area contributed by atoms with E-state index < -0.39 is 26.8 Å². The summed E-state index contributed by atoms with van der Waals surface area (Å²) in [6, 6.07) is 11.8. The number of rotatable bonds is 4. The van der Waals surface area contributed by atoms with Gasteiger partial charge in [0.15, 0.2) is 0 Å². The highest BCUT2D eigenvalue weighted by atomic mass is 32.2. The van der Waals surface area contributed by atoms with E-state index in [1.54, 1.807) is 12.1 Å². The third kappa shape index (κ3) is 3.64. The molecule has 130 valence electrons. The van der Waals surface area contributed by atoms with Gasteiger partial charge in [0.2, 0.25) is 0 Å². The maximum Gasteiger partial charge on any atom is 0.534 e. The van der Waals surface area contributed by atoms with Crippen LogP contribution in [-0.4, -0.2) is 19.0 Å². The molecular weight excluding hydrogens is 345 g/mol. The molecule has 1 N–H and O–H groups in total. The highest BCUT2D eigenvalue weighted by Gasteiger charge is 2.48. The van der Waals surface area contributed by atoms with Crippen LogP contribution in [0.15, 0.2) is 48.5 Å². The Hall–Kier alpha value is -2.22. The Morgan fingerprint density at radius 2 is 1.29 bits per heavy atom. The predicted octanol–water partition coefficient (Wildman–Crippen LogP) is 3.95. The first-order valence-corrected chi connectivity index (χ1v) is 8.25. The molecule has 8 heteroatoms. The lowest BCUT2D eigenvalue weighted by atomic mass is 9.78. The van der Waals surface area contributed by atoms with Crippen molar-refractivity contribution in [3.05, 3.63) is 59.7 Å². The minimum absolute atomic E-state index is 0.121. The number of alkyl halides is 3. The summed E-state index contributed by atoms with van der Waals surface area (Å²) in [6.07, 6.45) is 0. The fourth-order valence-electron chi connectivity index (χ4n) is 2.15. The zero-order valence-corrected chi connectivity index (χ0v) is 13.6. The molecule has 2 rings (SSSR count). The minimum atomic E-state index is -5.68. The monoisotopic (exact) mass is 360 g/mol. The first-order chi connectivity index (χ1) is 10.9. The van der Waals surface area contributed by atoms with Crippen LogP contribution < -0.4 is 4.18 Å². The molecule has 0 bridgehead atoms. The lowest BCUT2D eigenvalue weighted by molar-refractivity contribution is -0.0500. The van der Waals surface area contributed by atoms with Crippen molar-refractivity contribution >= 4 is 10.1 Å². The van der Waals surface area contributed by atoms with E-state index in [0.717, 1.165) is 11.1 Å². The fourth-order valence-corrected chi connectivity index (χ4v) is 2.60. The summed E-state index contributed by atoms with van der Waals surface area (Å²) < 4.78 is 63.0. The number of phenolic OH excluding ortho intramolecular Hbond substituents is 1. The molecule has 0 aliphatic carbocycles. The van der Waals surface area contributed by atoms with E-state index in [2.05, 4.69) is 4.18 Å². The van der Waals surface area contributed by atoms with Crippen LogP contribution in [0.2, 0.25) is 0 Å². The van der Waals surface area contributed by atoms with Gasteiger partial charge in [-0.05, 0) is 35.4 Å². The lowest BCUT2D eigenvalue weighted by Gasteiger charge is -2.26. The molecule has 4 nitrogen and oxygen atoms in total. The average Bonchev–Trinajstić information content (AvgIpc) is 2.46. The smallest absolute Gasteiger partial charge is 0.508 e. The molecule has 0 aromatic heterocycles. The Bertz CT molecular complexity index is 808. The third-order valence-corrected chi connectivity index (χ3v) is 4.63. The second-order valence-electron chi connectivity index (χ2n) is 5.68. The molecule has 2 aromatic carbocycles. The Labute approximate surface area is 137 Å². The zero-order valence-electron chi connectivity index (χ0n) is 12.8. The molecule has 0 atom stereocenters. The molecule has 0 spiro atoms. The van der Waals surface area contributed by atoms with Gasteiger partial charge in [-0.3, -0.25) is 0 Å². The molecule has 0 saturated heterocycles. The van der Waals surface area contributed by atoms with Crippen molar-refractivity contribution in [1.82, 2.24) is 0 Å². The van der Waals surface area contributed by atoms with E-state index in [1.165, 1.54) is 36.4 Å². The molecule has 0 unspecified atom stereocenters. The molecule has 0 fully saturated rings. The molecule has 2 aromatic rings. The summed E-state index contributed by atoms with van der Waals surface area (Å²) in [5, 5.41) is 9.34. The third-order valence-electron chi connectivity index (χ3n) is 3.65. The van der Waals surface area contributed by atoms with E-state index in [9.17, 15) is 26.7 Å². The van der Waals surface area contributed by atoms with Crippen LogP contribution in [0.3, 0.4) is 0 Å². The Kier molecular flexibility index (Phi) is 4.54. The van der Waals surface area contributed by atoms with Crippen molar-refractivity contribution in [1.29, 1.82) is 0 Å². The summed E-state index contributed by atoms with van der Waals surface area (Å²) in [7, 11) is -5.68. The SMILES string of the molecule is CC(C)(c1ccc(O)cc1)c1ccc(OS(=O)(=O)C(F)(F)F)cc1. The summed E-state index contributed by atoms with van der Waals surface area (Å²) in [4.78, 5) is 0. The van der Waals surface area contributed by atoms with Gasteiger partial charge < -0.3 is 9.29 Å². The summed E-state index contributed by atoms with van der Waals surface area (Å²) >= 11 is 0. The molecule has 0 radical (unpaired) electrons. The summed E-state index contributed by atoms with van der Waals surface area (Å²) in [5.74, 6) is -0.298. The first kappa shape index (κ1) is 18.1. The minimum Gasteiger partial charge on any atom is -0.508 e. The van der Waals surface area contributed by atoms with Crippen molar-refractivity contribution in [2.45, 2.75) is 24.8 Å². The number of hydrogen-bond donors (Lipinski definition) is 1. The average molecular weight is 360 g/mol. The summed E-state index contributed by atoms with van der Waals surface area (Å²) in [5.41, 5.74) is -4.37. The van der Waals surface area contributed by atoms with Gasteiger partial charge in [0, 0.05) is 5.41 Å². The van der Waals surface area contributed by atoms with E-state index >= 15 is 0 Å². The Morgan fingerprint density at radius 3 is 1.71 bits per heavy atom. The van der Waals surface area contributed by atoms with Crippen LogP contribution >= 0.6 is 0 Å². The van der Waals surface area contributed by atoms with Gasteiger partial charge in [0.25, 0.3) is 0 Å². The lowest BCUT2D eigenvalue weighted by Crippen LogP contribution is -2.28. The van der Waals surface area contributed by atoms with Crippen LogP contribution in [0, 0.1) is 0 Å². The van der Waals surface area contributed by atoms with Gasteiger partial charge >= 0.3 is 15.6 Å². The first-order valence-electron chi connectivity index (χ1n) is 6.84. The quantitative estimate of drug-likeness (QED) is 0.662. The number of hydrogen-bond acceptors (Lipinski definition) is 4. The molecular formula is C16H15F3O4S. The van der Waals surface area contributed by atoms with E-state index in [-0.39, 0.29) is 5.75 Å². The molecule has 0 saturated carbocycles. The predicted molar refractivity (Wildman–Crippen MR) is 82.3 cm³/mol. The van der Waals surface area contributed by atoms with Gasteiger partial charge in [-0.2, -0.15) is 21.6 Å². The van der Waals surface area contributed by atoms with E-state index in [1.807, 2.05) is 13.8 Å². The highest BCUT2D eigenvalue weighted by molar-refractivity contribution is 7.88. The van der Waals surface area contributed by atoms with Crippen LogP contribution in [0.4, 0.5) is 13.2 Å². The van der Waals surface area contributed by atoms with Crippen molar-refractivity contribution < 1.29 is 30.9 Å². The van der Waals surface area contributed by atoms with Crippen LogP contribution in [0.5, 0.6) is 11.5 Å². The van der Waals surface area contributed by atoms with Gasteiger partial charge in [0.05, 0.1) is 0 Å². The normalized spacial score (nSPS) is 12.9. The number of halogens is 3. The molecule has 0 aliphatic rings. The van der Waals surface area contributed by atoms with Gasteiger partial charge in [0.1, 0.15) is 11.5 Å².